The number of hydrogen-bond donors (Lipinski definition) is 2. The topological polar surface area (TPSA) is 59.1 Å². The first-order chi connectivity index (χ1) is 8.08. The lowest BCUT2D eigenvalue weighted by molar-refractivity contribution is 0.220. The zero-order chi connectivity index (χ0) is 12.4. The van der Waals surface area contributed by atoms with Crippen LogP contribution in [0.15, 0.2) is 41.0 Å². The van der Waals surface area contributed by atoms with Crippen molar-refractivity contribution in [1.82, 2.24) is 4.98 Å². The van der Waals surface area contributed by atoms with Crippen molar-refractivity contribution in [3.63, 3.8) is 0 Å². The minimum atomic E-state index is -0.740. The second-order valence-corrected chi connectivity index (χ2v) is 4.86. The molecule has 0 aliphatic carbocycles. The maximum Gasteiger partial charge on any atom is 0.129 e. The van der Waals surface area contributed by atoms with E-state index in [9.17, 15) is 5.11 Å². The molecule has 1 aromatic carbocycles. The molecule has 1 heterocycles. The van der Waals surface area contributed by atoms with E-state index in [2.05, 4.69) is 20.9 Å². The molecule has 0 fully saturated rings. The van der Waals surface area contributed by atoms with Crippen molar-refractivity contribution >= 4 is 21.7 Å². The van der Waals surface area contributed by atoms with Gasteiger partial charge in [0.1, 0.15) is 11.9 Å². The van der Waals surface area contributed by atoms with Gasteiger partial charge in [0.15, 0.2) is 0 Å². The van der Waals surface area contributed by atoms with E-state index < -0.39 is 6.10 Å². The van der Waals surface area contributed by atoms with Gasteiger partial charge in [-0.2, -0.15) is 0 Å². The summed E-state index contributed by atoms with van der Waals surface area (Å²) in [5.41, 5.74) is 8.20. The number of hydrogen-bond acceptors (Lipinski definition) is 3. The van der Waals surface area contributed by atoms with Gasteiger partial charge in [-0.05, 0) is 36.2 Å². The first kappa shape index (κ1) is 12.1. The number of aliphatic hydroxyl groups excluding tert-OH is 1. The van der Waals surface area contributed by atoms with Crippen LogP contribution in [0.3, 0.4) is 0 Å². The van der Waals surface area contributed by atoms with Crippen LogP contribution in [0, 0.1) is 6.92 Å². The van der Waals surface area contributed by atoms with Gasteiger partial charge < -0.3 is 10.8 Å². The van der Waals surface area contributed by atoms with Gasteiger partial charge in [-0.3, -0.25) is 0 Å². The van der Waals surface area contributed by atoms with Crippen LogP contribution in [-0.4, -0.2) is 10.1 Å². The van der Waals surface area contributed by atoms with E-state index in [1.807, 2.05) is 37.3 Å². The molecule has 2 rings (SSSR count). The van der Waals surface area contributed by atoms with E-state index in [1.54, 1.807) is 6.20 Å². The van der Waals surface area contributed by atoms with Gasteiger partial charge in [0.2, 0.25) is 0 Å². The summed E-state index contributed by atoms with van der Waals surface area (Å²) in [6.07, 6.45) is 0.947. The fraction of sp³-hybridized carbons (Fsp3) is 0.154. The molecule has 0 aliphatic rings. The number of anilines is 1. The van der Waals surface area contributed by atoms with Gasteiger partial charge in [-0.15, -0.1) is 0 Å². The monoisotopic (exact) mass is 292 g/mol. The quantitative estimate of drug-likeness (QED) is 0.895. The molecule has 0 amide bonds. The number of pyridine rings is 1. The predicted molar refractivity (Wildman–Crippen MR) is 71.6 cm³/mol. The van der Waals surface area contributed by atoms with Crippen LogP contribution in [-0.2, 0) is 0 Å². The molecule has 0 bridgehead atoms. The summed E-state index contributed by atoms with van der Waals surface area (Å²) in [6, 6.07) is 9.35. The second-order valence-electron chi connectivity index (χ2n) is 3.94. The van der Waals surface area contributed by atoms with Crippen LogP contribution in [0.1, 0.15) is 22.8 Å². The maximum atomic E-state index is 10.3. The van der Waals surface area contributed by atoms with Crippen molar-refractivity contribution in [1.29, 1.82) is 0 Å². The highest BCUT2D eigenvalue weighted by atomic mass is 79.9. The average Bonchev–Trinajstić information content (AvgIpc) is 2.32. The molecule has 0 saturated heterocycles. The molecule has 1 unspecified atom stereocenters. The summed E-state index contributed by atoms with van der Waals surface area (Å²) in [7, 11) is 0. The van der Waals surface area contributed by atoms with Gasteiger partial charge in [0, 0.05) is 16.2 Å². The lowest BCUT2D eigenvalue weighted by atomic mass is 10.0. The van der Waals surface area contributed by atoms with E-state index in [-0.39, 0.29) is 0 Å². The number of benzene rings is 1. The molecule has 3 nitrogen and oxygen atoms in total. The highest BCUT2D eigenvalue weighted by Gasteiger charge is 2.14. The smallest absolute Gasteiger partial charge is 0.129 e. The van der Waals surface area contributed by atoms with E-state index >= 15 is 0 Å². The van der Waals surface area contributed by atoms with E-state index in [1.165, 1.54) is 0 Å². The Morgan fingerprint density at radius 3 is 2.59 bits per heavy atom. The van der Waals surface area contributed by atoms with Crippen molar-refractivity contribution in [2.75, 3.05) is 5.73 Å². The Bertz CT molecular complexity index is 525. The third-order valence-corrected chi connectivity index (χ3v) is 3.10. The Morgan fingerprint density at radius 1 is 1.29 bits per heavy atom. The van der Waals surface area contributed by atoms with Crippen molar-refractivity contribution in [2.45, 2.75) is 13.0 Å². The molecular weight excluding hydrogens is 280 g/mol. The minimum absolute atomic E-state index is 0.367. The number of nitrogen functional groups attached to an aromatic ring is 1. The zero-order valence-electron chi connectivity index (χ0n) is 9.39. The largest absolute Gasteiger partial charge is 0.384 e. The van der Waals surface area contributed by atoms with E-state index in [4.69, 9.17) is 5.73 Å². The number of aromatic nitrogens is 1. The molecule has 3 N–H and O–H groups in total. The molecule has 0 aliphatic heterocycles. The SMILES string of the molecule is Cc1cnc(N)c(C(O)c2ccc(Br)cc2)c1. The Kier molecular flexibility index (Phi) is 3.45. The minimum Gasteiger partial charge on any atom is -0.384 e. The van der Waals surface area contributed by atoms with Crippen LogP contribution in [0.2, 0.25) is 0 Å². The number of nitrogens with zero attached hydrogens (tertiary/aromatic N) is 1. The molecule has 2 aromatic rings. The molecule has 0 radical (unpaired) electrons. The fourth-order valence-corrected chi connectivity index (χ4v) is 1.91. The van der Waals surface area contributed by atoms with Gasteiger partial charge in [-0.1, -0.05) is 28.1 Å². The molecular formula is C13H13BrN2O. The summed E-state index contributed by atoms with van der Waals surface area (Å²) in [4.78, 5) is 4.05. The lowest BCUT2D eigenvalue weighted by Gasteiger charge is -2.13. The molecule has 0 spiro atoms. The second kappa shape index (κ2) is 4.85. The van der Waals surface area contributed by atoms with Crippen LogP contribution < -0.4 is 5.73 Å². The van der Waals surface area contributed by atoms with E-state index in [0.29, 0.717) is 11.4 Å². The third kappa shape index (κ3) is 2.65. The Morgan fingerprint density at radius 2 is 1.94 bits per heavy atom. The van der Waals surface area contributed by atoms with E-state index in [0.717, 1.165) is 15.6 Å². The lowest BCUT2D eigenvalue weighted by Crippen LogP contribution is -2.05. The summed E-state index contributed by atoms with van der Waals surface area (Å²) < 4.78 is 0.976. The van der Waals surface area contributed by atoms with Gasteiger partial charge >= 0.3 is 0 Å². The third-order valence-electron chi connectivity index (χ3n) is 2.57. The Labute approximate surface area is 108 Å². The van der Waals surface area contributed by atoms with Crippen LogP contribution in [0.25, 0.3) is 0 Å². The van der Waals surface area contributed by atoms with Crippen molar-refractivity contribution in [3.05, 3.63) is 57.7 Å². The number of aliphatic hydroxyl groups is 1. The summed E-state index contributed by atoms with van der Waals surface area (Å²) >= 11 is 3.36. The Balaban J connectivity index is 2.39. The Hall–Kier alpha value is -1.39. The van der Waals surface area contributed by atoms with Crippen molar-refractivity contribution in [3.8, 4) is 0 Å². The molecule has 4 heteroatoms. The zero-order valence-corrected chi connectivity index (χ0v) is 11.0. The molecule has 1 aromatic heterocycles. The van der Waals surface area contributed by atoms with Gasteiger partial charge in [0.25, 0.3) is 0 Å². The summed E-state index contributed by atoms with van der Waals surface area (Å²) in [6.45, 7) is 1.92. The van der Waals surface area contributed by atoms with Crippen molar-refractivity contribution < 1.29 is 5.11 Å². The molecule has 88 valence electrons. The normalized spacial score (nSPS) is 12.4. The fourth-order valence-electron chi connectivity index (χ4n) is 1.65. The number of aryl methyl sites for hydroxylation is 1. The molecule has 1 atom stereocenters. The first-order valence-electron chi connectivity index (χ1n) is 5.23. The summed E-state index contributed by atoms with van der Waals surface area (Å²) in [5, 5.41) is 10.3. The van der Waals surface area contributed by atoms with Gasteiger partial charge in [-0.25, -0.2) is 4.98 Å². The standard InChI is InChI=1S/C13H13BrN2O/c1-8-6-11(13(15)16-7-8)12(17)9-2-4-10(14)5-3-9/h2-7,12,17H,1H3,(H2,15,16). The van der Waals surface area contributed by atoms with Crippen molar-refractivity contribution in [2.24, 2.45) is 0 Å². The van der Waals surface area contributed by atoms with Crippen LogP contribution in [0.5, 0.6) is 0 Å². The number of rotatable bonds is 2. The highest BCUT2D eigenvalue weighted by molar-refractivity contribution is 9.10. The molecule has 17 heavy (non-hydrogen) atoms. The highest BCUT2D eigenvalue weighted by Crippen LogP contribution is 2.26. The maximum absolute atomic E-state index is 10.3. The van der Waals surface area contributed by atoms with Gasteiger partial charge in [0.05, 0.1) is 0 Å². The average molecular weight is 293 g/mol. The first-order valence-corrected chi connectivity index (χ1v) is 6.03. The van der Waals surface area contributed by atoms with Crippen LogP contribution in [0.4, 0.5) is 5.82 Å². The predicted octanol–water partition coefficient (Wildman–Crippen LogP) is 2.82. The number of halogens is 1. The molecule has 0 saturated carbocycles. The van der Waals surface area contributed by atoms with Crippen LogP contribution >= 0.6 is 15.9 Å². The number of nitrogens with two attached hydrogens (primary N) is 1. The summed E-state index contributed by atoms with van der Waals surface area (Å²) in [5.74, 6) is 0.367.